The third kappa shape index (κ3) is 6.46. The summed E-state index contributed by atoms with van der Waals surface area (Å²) < 4.78 is 25.9. The van der Waals surface area contributed by atoms with Crippen LogP contribution in [0.1, 0.15) is 26.7 Å². The Morgan fingerprint density at radius 3 is 2.30 bits per heavy atom. The van der Waals surface area contributed by atoms with E-state index in [1.165, 1.54) is 25.4 Å². The fraction of sp³-hybridized carbons (Fsp3) is 0.450. The molecule has 0 unspecified atom stereocenters. The quantitative estimate of drug-likeness (QED) is 0.511. The van der Waals surface area contributed by atoms with Crippen LogP contribution in [-0.4, -0.2) is 76.4 Å². The number of rotatable bonds is 12. The number of benzene rings is 1. The van der Waals surface area contributed by atoms with Gasteiger partial charge >= 0.3 is 0 Å². The highest BCUT2D eigenvalue weighted by molar-refractivity contribution is 5.95. The lowest BCUT2D eigenvalue weighted by atomic mass is 10.1. The predicted molar refractivity (Wildman–Crippen MR) is 107 cm³/mol. The second-order valence-corrected chi connectivity index (χ2v) is 6.20. The molecule has 0 saturated heterocycles. The van der Waals surface area contributed by atoms with Crippen molar-refractivity contribution < 1.29 is 33.0 Å². The minimum absolute atomic E-state index is 0.0626. The number of ether oxygens (including phenoxy) is 4. The van der Waals surface area contributed by atoms with Gasteiger partial charge in [-0.15, -0.1) is 0 Å². The maximum atomic E-state index is 13.1. The van der Waals surface area contributed by atoms with Crippen LogP contribution in [0.3, 0.4) is 0 Å². The van der Waals surface area contributed by atoms with Crippen LogP contribution < -0.4 is 14.8 Å². The van der Waals surface area contributed by atoms with Crippen LogP contribution in [0.15, 0.2) is 28.9 Å². The Hall–Kier alpha value is -3.11. The second kappa shape index (κ2) is 11.8. The minimum Gasteiger partial charge on any atom is -0.497 e. The average Bonchev–Trinajstić information content (AvgIpc) is 3.24. The van der Waals surface area contributed by atoms with Gasteiger partial charge in [0.05, 0.1) is 34.0 Å². The molecule has 0 aliphatic carbocycles. The Balaban J connectivity index is 2.16. The van der Waals surface area contributed by atoms with Crippen molar-refractivity contribution in [1.29, 1.82) is 0 Å². The summed E-state index contributed by atoms with van der Waals surface area (Å²) in [6, 6.07) is 4.92. The molecular weight excluding hydrogens is 394 g/mol. The lowest BCUT2D eigenvalue weighted by molar-refractivity contribution is 0.0662. The van der Waals surface area contributed by atoms with E-state index in [0.29, 0.717) is 43.4 Å². The van der Waals surface area contributed by atoms with E-state index in [-0.39, 0.29) is 29.9 Å². The van der Waals surface area contributed by atoms with Crippen molar-refractivity contribution in [2.24, 2.45) is 0 Å². The molecule has 0 spiro atoms. The van der Waals surface area contributed by atoms with Crippen molar-refractivity contribution in [2.75, 3.05) is 54.7 Å². The maximum Gasteiger partial charge on any atom is 0.273 e. The molecule has 1 aromatic carbocycles. The summed E-state index contributed by atoms with van der Waals surface area (Å²) in [6.07, 6.45) is 1.25. The zero-order valence-corrected chi connectivity index (χ0v) is 17.6. The number of hydrogen-bond donors (Lipinski definition) is 1. The fourth-order valence-electron chi connectivity index (χ4n) is 2.58. The number of aromatic nitrogens is 1. The van der Waals surface area contributed by atoms with Gasteiger partial charge in [-0.2, -0.15) is 0 Å². The van der Waals surface area contributed by atoms with Gasteiger partial charge in [0.25, 0.3) is 11.8 Å². The molecule has 0 radical (unpaired) electrons. The van der Waals surface area contributed by atoms with Crippen LogP contribution >= 0.6 is 0 Å². The predicted octanol–water partition coefficient (Wildman–Crippen LogP) is 1.36. The van der Waals surface area contributed by atoms with Crippen LogP contribution in [0, 0.1) is 0 Å². The zero-order valence-electron chi connectivity index (χ0n) is 17.6. The van der Waals surface area contributed by atoms with E-state index in [1.807, 2.05) is 0 Å². The van der Waals surface area contributed by atoms with Gasteiger partial charge in [0.1, 0.15) is 17.8 Å². The number of nitrogens with zero attached hydrogens (tertiary/aromatic N) is 2. The van der Waals surface area contributed by atoms with Gasteiger partial charge in [0.15, 0.2) is 5.69 Å². The van der Waals surface area contributed by atoms with Crippen LogP contribution in [-0.2, 0) is 16.0 Å². The van der Waals surface area contributed by atoms with E-state index >= 15 is 0 Å². The molecule has 10 heteroatoms. The van der Waals surface area contributed by atoms with Gasteiger partial charge in [-0.25, -0.2) is 4.98 Å². The lowest BCUT2D eigenvalue weighted by Crippen LogP contribution is -2.33. The number of oxazole rings is 1. The summed E-state index contributed by atoms with van der Waals surface area (Å²) in [5, 5.41) is 2.66. The number of methoxy groups -OCH3 is 4. The highest BCUT2D eigenvalue weighted by Crippen LogP contribution is 2.24. The number of carbonyl (C=O) groups is 2. The van der Waals surface area contributed by atoms with E-state index in [1.54, 1.807) is 32.4 Å². The highest BCUT2D eigenvalue weighted by atomic mass is 16.5. The number of amides is 2. The SMILES string of the molecule is COCCNC(=O)c1coc(CN(CCOC)C(=O)c2cc(OC)cc(OC)c2)n1. The first-order valence-electron chi connectivity index (χ1n) is 9.25. The summed E-state index contributed by atoms with van der Waals surface area (Å²) in [5.41, 5.74) is 0.509. The van der Waals surface area contributed by atoms with Crippen molar-refractivity contribution in [3.05, 3.63) is 41.6 Å². The molecule has 0 aliphatic heterocycles. The Morgan fingerprint density at radius 1 is 1.03 bits per heavy atom. The highest BCUT2D eigenvalue weighted by Gasteiger charge is 2.21. The van der Waals surface area contributed by atoms with E-state index in [4.69, 9.17) is 23.4 Å². The molecule has 10 nitrogen and oxygen atoms in total. The number of hydrogen-bond acceptors (Lipinski definition) is 8. The van der Waals surface area contributed by atoms with Crippen molar-refractivity contribution in [1.82, 2.24) is 15.2 Å². The second-order valence-electron chi connectivity index (χ2n) is 6.20. The average molecular weight is 421 g/mol. The molecule has 1 aromatic heterocycles. The normalized spacial score (nSPS) is 10.5. The molecule has 0 bridgehead atoms. The van der Waals surface area contributed by atoms with Crippen LogP contribution in [0.25, 0.3) is 0 Å². The summed E-state index contributed by atoms with van der Waals surface area (Å²) >= 11 is 0. The van der Waals surface area contributed by atoms with Crippen molar-refractivity contribution >= 4 is 11.8 Å². The molecule has 1 heterocycles. The Kier molecular flexibility index (Phi) is 9.10. The lowest BCUT2D eigenvalue weighted by Gasteiger charge is -2.21. The molecule has 1 N–H and O–H groups in total. The van der Waals surface area contributed by atoms with Crippen LogP contribution in [0.5, 0.6) is 11.5 Å². The van der Waals surface area contributed by atoms with Gasteiger partial charge in [-0.05, 0) is 12.1 Å². The monoisotopic (exact) mass is 421 g/mol. The molecule has 164 valence electrons. The van der Waals surface area contributed by atoms with Crippen molar-refractivity contribution in [3.63, 3.8) is 0 Å². The molecule has 30 heavy (non-hydrogen) atoms. The van der Waals surface area contributed by atoms with Gasteiger partial charge in [0.2, 0.25) is 5.89 Å². The molecule has 0 saturated carbocycles. The molecular formula is C20H27N3O7. The van der Waals surface area contributed by atoms with E-state index in [9.17, 15) is 9.59 Å². The fourth-order valence-corrected chi connectivity index (χ4v) is 2.58. The summed E-state index contributed by atoms with van der Waals surface area (Å²) in [6.45, 7) is 1.42. The van der Waals surface area contributed by atoms with Crippen molar-refractivity contribution in [2.45, 2.75) is 6.54 Å². The van der Waals surface area contributed by atoms with Crippen LogP contribution in [0.4, 0.5) is 0 Å². The first-order chi connectivity index (χ1) is 14.5. The molecule has 0 aliphatic rings. The van der Waals surface area contributed by atoms with E-state index < -0.39 is 0 Å². The Morgan fingerprint density at radius 2 is 1.70 bits per heavy atom. The third-order valence-corrected chi connectivity index (χ3v) is 4.15. The number of nitrogens with one attached hydrogen (secondary N) is 1. The van der Waals surface area contributed by atoms with Gasteiger partial charge in [-0.3, -0.25) is 9.59 Å². The number of carbonyl (C=O) groups excluding carboxylic acids is 2. The molecule has 0 atom stereocenters. The molecule has 2 rings (SSSR count). The largest absolute Gasteiger partial charge is 0.497 e. The summed E-state index contributed by atoms with van der Waals surface area (Å²) in [7, 11) is 6.12. The standard InChI is InChI=1S/C20H27N3O7/c1-26-7-5-21-19(24)17-13-30-18(22-17)12-23(6-8-27-2)20(25)14-9-15(28-3)11-16(10-14)29-4/h9-11,13H,5-8,12H2,1-4H3,(H,21,24). The zero-order chi connectivity index (χ0) is 21.9. The molecule has 0 fully saturated rings. The summed E-state index contributed by atoms with van der Waals surface area (Å²) in [5.74, 6) is 0.556. The van der Waals surface area contributed by atoms with Gasteiger partial charge in [-0.1, -0.05) is 0 Å². The molecule has 2 aromatic rings. The van der Waals surface area contributed by atoms with Gasteiger partial charge < -0.3 is 33.6 Å². The van der Waals surface area contributed by atoms with Crippen LogP contribution in [0.2, 0.25) is 0 Å². The molecule has 2 amide bonds. The van der Waals surface area contributed by atoms with E-state index in [2.05, 4.69) is 10.3 Å². The topological polar surface area (TPSA) is 112 Å². The van der Waals surface area contributed by atoms with Gasteiger partial charge in [0, 0.05) is 38.9 Å². The first kappa shape index (κ1) is 23.2. The third-order valence-electron chi connectivity index (χ3n) is 4.15. The summed E-state index contributed by atoms with van der Waals surface area (Å²) in [4.78, 5) is 30.9. The minimum atomic E-state index is -0.380. The maximum absolute atomic E-state index is 13.1. The van der Waals surface area contributed by atoms with E-state index in [0.717, 1.165) is 0 Å². The Labute approximate surface area is 175 Å². The smallest absolute Gasteiger partial charge is 0.273 e. The Bertz CT molecular complexity index is 815. The van der Waals surface area contributed by atoms with Crippen molar-refractivity contribution in [3.8, 4) is 11.5 Å². The first-order valence-corrected chi connectivity index (χ1v) is 9.25.